The summed E-state index contributed by atoms with van der Waals surface area (Å²) in [6.07, 6.45) is 13.1. The van der Waals surface area contributed by atoms with Crippen LogP contribution < -0.4 is 0 Å². The third kappa shape index (κ3) is 1.39. The second-order valence-corrected chi connectivity index (χ2v) is 6.56. The van der Waals surface area contributed by atoms with Crippen LogP contribution in [-0.4, -0.2) is 12.2 Å². The maximum absolute atomic E-state index is 6.44. The minimum absolute atomic E-state index is 0.674. The van der Waals surface area contributed by atoms with Crippen molar-refractivity contribution in [1.82, 2.24) is 0 Å². The van der Waals surface area contributed by atoms with Crippen molar-refractivity contribution in [2.75, 3.05) is 0 Å². The number of ether oxygens (including phenoxy) is 1. The fraction of sp³-hybridized carbons (Fsp3) is 1.00. The van der Waals surface area contributed by atoms with Crippen molar-refractivity contribution in [3.63, 3.8) is 0 Å². The zero-order chi connectivity index (χ0) is 9.83. The van der Waals surface area contributed by atoms with Crippen LogP contribution in [0.4, 0.5) is 0 Å². The summed E-state index contributed by atoms with van der Waals surface area (Å²) in [5, 5.41) is 0. The van der Waals surface area contributed by atoms with E-state index in [9.17, 15) is 0 Å². The van der Waals surface area contributed by atoms with Gasteiger partial charge in [0, 0.05) is 0 Å². The summed E-state index contributed by atoms with van der Waals surface area (Å²) in [6, 6.07) is 0. The third-order valence-electron chi connectivity index (χ3n) is 5.70. The van der Waals surface area contributed by atoms with E-state index < -0.39 is 0 Å². The van der Waals surface area contributed by atoms with Crippen LogP contribution in [0.2, 0.25) is 0 Å². The first kappa shape index (κ1) is 9.04. The smallest absolute Gasteiger partial charge is 0.0609 e. The zero-order valence-electron chi connectivity index (χ0n) is 9.53. The van der Waals surface area contributed by atoms with E-state index in [0.29, 0.717) is 12.2 Å². The zero-order valence-corrected chi connectivity index (χ0v) is 9.53. The van der Waals surface area contributed by atoms with Gasteiger partial charge < -0.3 is 4.74 Å². The first-order valence-electron chi connectivity index (χ1n) is 7.04. The molecule has 4 fully saturated rings. The van der Waals surface area contributed by atoms with E-state index in [1.54, 1.807) is 0 Å². The van der Waals surface area contributed by atoms with Gasteiger partial charge in [0.2, 0.25) is 0 Å². The van der Waals surface area contributed by atoms with Crippen LogP contribution in [0, 0.1) is 23.7 Å². The molecule has 4 saturated carbocycles. The molecule has 0 aliphatic heterocycles. The van der Waals surface area contributed by atoms with Crippen LogP contribution in [0.15, 0.2) is 0 Å². The topological polar surface area (TPSA) is 9.23 Å². The Morgan fingerprint density at radius 2 is 1.13 bits per heavy atom. The first-order chi connectivity index (χ1) is 7.38. The number of rotatable bonds is 2. The summed E-state index contributed by atoms with van der Waals surface area (Å²) in [7, 11) is 0. The molecule has 4 rings (SSSR count). The lowest BCUT2D eigenvalue weighted by Crippen LogP contribution is -2.30. The second kappa shape index (κ2) is 3.23. The maximum Gasteiger partial charge on any atom is 0.0609 e. The Morgan fingerprint density at radius 1 is 0.600 bits per heavy atom. The molecule has 84 valence electrons. The molecule has 0 N–H and O–H groups in total. The second-order valence-electron chi connectivity index (χ2n) is 6.56. The minimum atomic E-state index is 0.674. The van der Waals surface area contributed by atoms with Gasteiger partial charge in [-0.1, -0.05) is 0 Å². The average Bonchev–Trinajstić information content (AvgIpc) is 2.96. The lowest BCUT2D eigenvalue weighted by atomic mass is 9.95. The van der Waals surface area contributed by atoms with Crippen LogP contribution in [0.3, 0.4) is 0 Å². The normalized spacial score (nSPS) is 56.8. The highest BCUT2D eigenvalue weighted by Crippen LogP contribution is 2.50. The summed E-state index contributed by atoms with van der Waals surface area (Å²) < 4.78 is 6.44. The predicted molar refractivity (Wildman–Crippen MR) is 59.6 cm³/mol. The van der Waals surface area contributed by atoms with Crippen LogP contribution in [0.1, 0.15) is 51.4 Å². The van der Waals surface area contributed by atoms with E-state index in [4.69, 9.17) is 4.74 Å². The lowest BCUT2D eigenvalue weighted by Gasteiger charge is -2.30. The highest BCUT2D eigenvalue weighted by atomic mass is 16.5. The van der Waals surface area contributed by atoms with E-state index in [0.717, 1.165) is 23.7 Å². The monoisotopic (exact) mass is 206 g/mol. The standard InChI is InChI=1S/C14H22O/c1-3-11-5-9(1)7-13(11)15-14-8-10-2-4-12(14)6-10/h9-14H,1-8H2. The molecule has 6 unspecified atom stereocenters. The van der Waals surface area contributed by atoms with Crippen molar-refractivity contribution >= 4 is 0 Å². The fourth-order valence-corrected chi connectivity index (χ4v) is 4.93. The van der Waals surface area contributed by atoms with Crippen molar-refractivity contribution < 1.29 is 4.74 Å². The molecular formula is C14H22O. The van der Waals surface area contributed by atoms with Crippen LogP contribution in [-0.2, 0) is 4.74 Å². The summed E-state index contributed by atoms with van der Waals surface area (Å²) in [5.74, 6) is 3.99. The van der Waals surface area contributed by atoms with Crippen molar-refractivity contribution in [2.45, 2.75) is 63.6 Å². The van der Waals surface area contributed by atoms with E-state index in [1.165, 1.54) is 51.4 Å². The lowest BCUT2D eigenvalue weighted by molar-refractivity contribution is -0.0622. The molecule has 1 heteroatoms. The predicted octanol–water partition coefficient (Wildman–Crippen LogP) is 3.38. The van der Waals surface area contributed by atoms with Gasteiger partial charge in [0.05, 0.1) is 12.2 Å². The quantitative estimate of drug-likeness (QED) is 0.673. The van der Waals surface area contributed by atoms with E-state index >= 15 is 0 Å². The van der Waals surface area contributed by atoms with E-state index in [1.807, 2.05) is 0 Å². The molecular weight excluding hydrogens is 184 g/mol. The molecule has 0 spiro atoms. The third-order valence-corrected chi connectivity index (χ3v) is 5.70. The number of fused-ring (bicyclic) bond motifs is 4. The number of hydrogen-bond donors (Lipinski definition) is 0. The highest BCUT2D eigenvalue weighted by Gasteiger charge is 2.45. The van der Waals surface area contributed by atoms with Gasteiger partial charge in [-0.2, -0.15) is 0 Å². The van der Waals surface area contributed by atoms with E-state index in [-0.39, 0.29) is 0 Å². The molecule has 0 saturated heterocycles. The maximum atomic E-state index is 6.44. The van der Waals surface area contributed by atoms with Gasteiger partial charge >= 0.3 is 0 Å². The summed E-state index contributed by atoms with van der Waals surface area (Å²) in [5.41, 5.74) is 0. The highest BCUT2D eigenvalue weighted by molar-refractivity contribution is 4.95. The van der Waals surface area contributed by atoms with Crippen LogP contribution in [0.5, 0.6) is 0 Å². The average molecular weight is 206 g/mol. The van der Waals surface area contributed by atoms with Crippen molar-refractivity contribution in [1.29, 1.82) is 0 Å². The summed E-state index contributed by atoms with van der Waals surface area (Å²) in [6.45, 7) is 0. The Kier molecular flexibility index (Phi) is 1.94. The molecule has 0 aromatic heterocycles. The molecule has 4 bridgehead atoms. The summed E-state index contributed by atoms with van der Waals surface area (Å²) >= 11 is 0. The van der Waals surface area contributed by atoms with Crippen molar-refractivity contribution in [3.8, 4) is 0 Å². The Hall–Kier alpha value is -0.0400. The van der Waals surface area contributed by atoms with Gasteiger partial charge in [0.15, 0.2) is 0 Å². The molecule has 6 atom stereocenters. The van der Waals surface area contributed by atoms with Crippen molar-refractivity contribution in [3.05, 3.63) is 0 Å². The van der Waals surface area contributed by atoms with Gasteiger partial charge in [0.1, 0.15) is 0 Å². The van der Waals surface area contributed by atoms with Gasteiger partial charge in [-0.05, 0) is 75.0 Å². The molecule has 0 heterocycles. The molecule has 1 nitrogen and oxygen atoms in total. The van der Waals surface area contributed by atoms with Crippen LogP contribution >= 0.6 is 0 Å². The fourth-order valence-electron chi connectivity index (χ4n) is 4.93. The van der Waals surface area contributed by atoms with Crippen LogP contribution in [0.25, 0.3) is 0 Å². The SMILES string of the molecule is C1CC2CC1CC2OC1CC2CCC1C2. The van der Waals surface area contributed by atoms with Gasteiger partial charge in [0.25, 0.3) is 0 Å². The molecule has 0 radical (unpaired) electrons. The van der Waals surface area contributed by atoms with Gasteiger partial charge in [-0.3, -0.25) is 0 Å². The molecule has 0 aromatic carbocycles. The Balaban J connectivity index is 1.40. The number of hydrogen-bond acceptors (Lipinski definition) is 1. The van der Waals surface area contributed by atoms with Crippen molar-refractivity contribution in [2.24, 2.45) is 23.7 Å². The molecule has 15 heavy (non-hydrogen) atoms. The van der Waals surface area contributed by atoms with Gasteiger partial charge in [-0.25, -0.2) is 0 Å². The first-order valence-corrected chi connectivity index (χ1v) is 7.04. The van der Waals surface area contributed by atoms with E-state index in [2.05, 4.69) is 0 Å². The molecule has 4 aliphatic rings. The van der Waals surface area contributed by atoms with Gasteiger partial charge in [-0.15, -0.1) is 0 Å². The Labute approximate surface area is 92.6 Å². The minimum Gasteiger partial charge on any atom is -0.374 e. The molecule has 0 amide bonds. The summed E-state index contributed by atoms with van der Waals surface area (Å²) in [4.78, 5) is 0. The molecule has 0 aromatic rings. The Morgan fingerprint density at radius 3 is 1.47 bits per heavy atom. The molecule has 4 aliphatic carbocycles. The Bertz CT molecular complexity index is 236. The largest absolute Gasteiger partial charge is 0.374 e.